The Labute approximate surface area is 165 Å². The summed E-state index contributed by atoms with van der Waals surface area (Å²) in [6, 6.07) is 5.36. The van der Waals surface area contributed by atoms with Crippen LogP contribution in [0.5, 0.6) is 0 Å². The summed E-state index contributed by atoms with van der Waals surface area (Å²) in [5.41, 5.74) is 0.483. The van der Waals surface area contributed by atoms with Crippen LogP contribution in [0.2, 0.25) is 0 Å². The zero-order valence-electron chi connectivity index (χ0n) is 16.3. The number of likely N-dealkylation sites (N-methyl/N-ethyl adjacent to an activating group) is 1. The fourth-order valence-electron chi connectivity index (χ4n) is 3.21. The van der Waals surface area contributed by atoms with Crippen LogP contribution in [0.3, 0.4) is 0 Å². The molecule has 10 heteroatoms. The van der Waals surface area contributed by atoms with Gasteiger partial charge in [0.05, 0.1) is 31.1 Å². The number of nitrogens with zero attached hydrogens (tertiary/aromatic N) is 3. The Morgan fingerprint density at radius 2 is 1.93 bits per heavy atom. The molecule has 0 spiro atoms. The lowest BCUT2D eigenvalue weighted by Crippen LogP contribution is -3.15. The summed E-state index contributed by atoms with van der Waals surface area (Å²) in [4.78, 5) is 25.4. The molecule has 1 saturated heterocycles. The largest absolute Gasteiger partial charge is 0.334 e. The Balaban J connectivity index is 2.03. The standard InChI is InChI=1S/C18H26N4O5S/c1-4-20(13-15(2)3)18(23)14-19-9-11-21(12-10-19)28(26,27)17-8-6-5-7-16(17)22(24)25/h5-8H,2,4,9-14H2,1,3H3/p+1. The van der Waals surface area contributed by atoms with Crippen LogP contribution in [0.25, 0.3) is 0 Å². The molecule has 2 rings (SSSR count). The van der Waals surface area contributed by atoms with E-state index in [1.54, 1.807) is 4.90 Å². The summed E-state index contributed by atoms with van der Waals surface area (Å²) in [5, 5.41) is 11.2. The minimum absolute atomic E-state index is 0.00973. The molecule has 9 nitrogen and oxygen atoms in total. The fourth-order valence-corrected chi connectivity index (χ4v) is 4.81. The molecule has 0 aliphatic carbocycles. The van der Waals surface area contributed by atoms with Gasteiger partial charge in [0.25, 0.3) is 11.6 Å². The second-order valence-electron chi connectivity index (χ2n) is 6.92. The van der Waals surface area contributed by atoms with Gasteiger partial charge in [0.2, 0.25) is 10.0 Å². The molecule has 154 valence electrons. The van der Waals surface area contributed by atoms with E-state index in [0.29, 0.717) is 32.7 Å². The molecule has 0 unspecified atom stereocenters. The van der Waals surface area contributed by atoms with Gasteiger partial charge in [-0.15, -0.1) is 0 Å². The number of benzene rings is 1. The zero-order chi connectivity index (χ0) is 20.9. The van der Waals surface area contributed by atoms with Gasteiger partial charge in [0.15, 0.2) is 11.4 Å². The Morgan fingerprint density at radius 3 is 2.46 bits per heavy atom. The molecule has 1 heterocycles. The van der Waals surface area contributed by atoms with Crippen molar-refractivity contribution in [1.29, 1.82) is 0 Å². The van der Waals surface area contributed by atoms with E-state index < -0.39 is 20.6 Å². The lowest BCUT2D eigenvalue weighted by atomic mass is 10.3. The normalized spacial score (nSPS) is 15.9. The van der Waals surface area contributed by atoms with E-state index >= 15 is 0 Å². The zero-order valence-corrected chi connectivity index (χ0v) is 17.1. The quantitative estimate of drug-likeness (QED) is 0.366. The van der Waals surface area contributed by atoms with Crippen molar-refractivity contribution >= 4 is 21.6 Å². The number of para-hydroxylation sites is 1. The number of nitro benzene ring substituents is 1. The molecule has 1 aromatic rings. The number of nitrogens with one attached hydrogen (secondary N) is 1. The molecule has 1 fully saturated rings. The van der Waals surface area contributed by atoms with Gasteiger partial charge in [-0.3, -0.25) is 14.9 Å². The van der Waals surface area contributed by atoms with Crippen molar-refractivity contribution in [1.82, 2.24) is 9.21 Å². The van der Waals surface area contributed by atoms with Crippen molar-refractivity contribution in [2.75, 3.05) is 45.8 Å². The van der Waals surface area contributed by atoms with Crippen LogP contribution in [-0.2, 0) is 14.8 Å². The van der Waals surface area contributed by atoms with Gasteiger partial charge in [0, 0.05) is 19.2 Å². The molecule has 1 aliphatic rings. The molecule has 0 aromatic heterocycles. The highest BCUT2D eigenvalue weighted by molar-refractivity contribution is 7.89. The predicted octanol–water partition coefficient (Wildman–Crippen LogP) is -0.0914. The first-order valence-corrected chi connectivity index (χ1v) is 10.6. The van der Waals surface area contributed by atoms with Crippen molar-refractivity contribution in [2.45, 2.75) is 18.7 Å². The number of rotatable bonds is 8. The van der Waals surface area contributed by atoms with Crippen LogP contribution in [0.1, 0.15) is 13.8 Å². The lowest BCUT2D eigenvalue weighted by molar-refractivity contribution is -0.896. The van der Waals surface area contributed by atoms with Crippen molar-refractivity contribution in [3.05, 3.63) is 46.5 Å². The number of sulfonamides is 1. The van der Waals surface area contributed by atoms with E-state index in [0.717, 1.165) is 10.5 Å². The van der Waals surface area contributed by atoms with Crippen LogP contribution >= 0.6 is 0 Å². The van der Waals surface area contributed by atoms with Crippen LogP contribution in [-0.4, -0.2) is 74.3 Å². The first-order chi connectivity index (χ1) is 13.2. The minimum atomic E-state index is -3.96. The summed E-state index contributed by atoms with van der Waals surface area (Å²) in [6.45, 7) is 10.4. The summed E-state index contributed by atoms with van der Waals surface area (Å²) < 4.78 is 26.9. The van der Waals surface area contributed by atoms with E-state index in [-0.39, 0.29) is 23.9 Å². The van der Waals surface area contributed by atoms with Gasteiger partial charge in [-0.05, 0) is 19.9 Å². The highest BCUT2D eigenvalue weighted by atomic mass is 32.2. The molecule has 28 heavy (non-hydrogen) atoms. The van der Waals surface area contributed by atoms with Crippen LogP contribution in [0.15, 0.2) is 41.3 Å². The van der Waals surface area contributed by atoms with Gasteiger partial charge in [0.1, 0.15) is 0 Å². The molecule has 1 aliphatic heterocycles. The van der Waals surface area contributed by atoms with Gasteiger partial charge < -0.3 is 9.80 Å². The summed E-state index contributed by atoms with van der Waals surface area (Å²) in [6.07, 6.45) is 0. The number of quaternary nitrogens is 1. The van der Waals surface area contributed by atoms with E-state index in [9.17, 15) is 23.3 Å². The molecule has 0 atom stereocenters. The number of hydrogen-bond donors (Lipinski definition) is 1. The fraction of sp³-hybridized carbons (Fsp3) is 0.500. The predicted molar refractivity (Wildman–Crippen MR) is 104 cm³/mol. The van der Waals surface area contributed by atoms with E-state index in [1.807, 2.05) is 13.8 Å². The first-order valence-electron chi connectivity index (χ1n) is 9.16. The van der Waals surface area contributed by atoms with E-state index in [1.165, 1.54) is 28.6 Å². The Kier molecular flexibility index (Phi) is 7.28. The van der Waals surface area contributed by atoms with E-state index in [4.69, 9.17) is 0 Å². The Morgan fingerprint density at radius 1 is 1.32 bits per heavy atom. The third-order valence-electron chi connectivity index (χ3n) is 4.71. The minimum Gasteiger partial charge on any atom is -0.334 e. The number of hydrogen-bond acceptors (Lipinski definition) is 5. The third kappa shape index (κ3) is 5.15. The maximum Gasteiger partial charge on any atom is 0.289 e. The maximum atomic E-state index is 12.8. The van der Waals surface area contributed by atoms with Crippen molar-refractivity contribution in [3.8, 4) is 0 Å². The number of carbonyl (C=O) groups excluding carboxylic acids is 1. The highest BCUT2D eigenvalue weighted by Gasteiger charge is 2.35. The topological polar surface area (TPSA) is 105 Å². The molecular weight excluding hydrogens is 384 g/mol. The van der Waals surface area contributed by atoms with Crippen molar-refractivity contribution < 1.29 is 23.0 Å². The van der Waals surface area contributed by atoms with Crippen molar-refractivity contribution in [3.63, 3.8) is 0 Å². The number of piperazine rings is 1. The average molecular weight is 412 g/mol. The monoisotopic (exact) mass is 411 g/mol. The Bertz CT molecular complexity index is 847. The molecular formula is C18H27N4O5S+. The summed E-state index contributed by atoms with van der Waals surface area (Å²) >= 11 is 0. The van der Waals surface area contributed by atoms with E-state index in [2.05, 4.69) is 6.58 Å². The molecule has 1 aromatic carbocycles. The second kappa shape index (κ2) is 9.26. The smallest absolute Gasteiger partial charge is 0.289 e. The molecule has 1 amide bonds. The summed E-state index contributed by atoms with van der Waals surface area (Å²) in [7, 11) is -3.96. The van der Waals surface area contributed by atoms with Gasteiger partial charge >= 0.3 is 0 Å². The maximum absolute atomic E-state index is 12.8. The second-order valence-corrected chi connectivity index (χ2v) is 8.83. The van der Waals surface area contributed by atoms with Crippen molar-refractivity contribution in [2.24, 2.45) is 0 Å². The summed E-state index contributed by atoms with van der Waals surface area (Å²) in [5.74, 6) is 0.00973. The number of nitro groups is 1. The molecule has 1 N–H and O–H groups in total. The highest BCUT2D eigenvalue weighted by Crippen LogP contribution is 2.26. The Hall–Kier alpha value is -2.30. The van der Waals surface area contributed by atoms with Gasteiger partial charge in [-0.1, -0.05) is 24.3 Å². The van der Waals surface area contributed by atoms with Crippen LogP contribution in [0.4, 0.5) is 5.69 Å². The van der Waals surface area contributed by atoms with Crippen LogP contribution in [0, 0.1) is 10.1 Å². The average Bonchev–Trinajstić information content (AvgIpc) is 2.66. The van der Waals surface area contributed by atoms with Gasteiger partial charge in [-0.2, -0.15) is 4.31 Å². The number of amides is 1. The van der Waals surface area contributed by atoms with Crippen LogP contribution < -0.4 is 4.90 Å². The molecule has 0 saturated carbocycles. The SMILES string of the molecule is C=C(C)CN(CC)C(=O)C[NH+]1CCN(S(=O)(=O)c2ccccc2[N+](=O)[O-])CC1. The molecule has 0 bridgehead atoms. The lowest BCUT2D eigenvalue weighted by Gasteiger charge is -2.32. The van der Waals surface area contributed by atoms with Gasteiger partial charge in [-0.25, -0.2) is 8.42 Å². The first kappa shape index (κ1) is 22.0. The third-order valence-corrected chi connectivity index (χ3v) is 6.65. The molecule has 0 radical (unpaired) electrons. The number of carbonyl (C=O) groups is 1.